The van der Waals surface area contributed by atoms with Crippen molar-refractivity contribution in [2.45, 2.75) is 62.0 Å². The lowest BCUT2D eigenvalue weighted by Gasteiger charge is -2.40. The van der Waals surface area contributed by atoms with E-state index >= 15 is 0 Å². The highest BCUT2D eigenvalue weighted by atomic mass is 16.7. The molecule has 0 aromatic heterocycles. The SMILES string of the molecule is C[C@@H]1O[C@@H](O[C@H](C=O)[C@@H](O)[C@H](O)[C@H](O)CO)[C@@H](O)[C@H](O)[C@H]1O. The zero-order valence-electron chi connectivity index (χ0n) is 11.8. The molecule has 22 heavy (non-hydrogen) atoms. The summed E-state index contributed by atoms with van der Waals surface area (Å²) in [6.45, 7) is 0.543. The van der Waals surface area contributed by atoms with E-state index in [-0.39, 0.29) is 6.29 Å². The van der Waals surface area contributed by atoms with Gasteiger partial charge in [-0.15, -0.1) is 0 Å². The van der Waals surface area contributed by atoms with Crippen LogP contribution in [0.15, 0.2) is 0 Å². The van der Waals surface area contributed by atoms with Crippen molar-refractivity contribution < 1.29 is 50.0 Å². The predicted molar refractivity (Wildman–Crippen MR) is 68.4 cm³/mol. The molecular formula is C12H22O10. The maximum atomic E-state index is 11.0. The molecule has 0 saturated carbocycles. The summed E-state index contributed by atoms with van der Waals surface area (Å²) in [6, 6.07) is 0. The zero-order valence-corrected chi connectivity index (χ0v) is 11.8. The number of hydrogen-bond acceptors (Lipinski definition) is 10. The second-order valence-electron chi connectivity index (χ2n) is 5.15. The number of carbonyl (C=O) groups excluding carboxylic acids is 1. The van der Waals surface area contributed by atoms with Crippen molar-refractivity contribution in [1.82, 2.24) is 0 Å². The van der Waals surface area contributed by atoms with E-state index in [1.807, 2.05) is 0 Å². The van der Waals surface area contributed by atoms with Gasteiger partial charge in [-0.05, 0) is 6.92 Å². The summed E-state index contributed by atoms with van der Waals surface area (Å²) in [6.07, 6.45) is -14.2. The summed E-state index contributed by atoms with van der Waals surface area (Å²) in [7, 11) is 0. The van der Waals surface area contributed by atoms with E-state index in [0.717, 1.165) is 0 Å². The summed E-state index contributed by atoms with van der Waals surface area (Å²) in [5.41, 5.74) is 0. The van der Waals surface area contributed by atoms with E-state index in [9.17, 15) is 35.4 Å². The van der Waals surface area contributed by atoms with Crippen molar-refractivity contribution in [3.05, 3.63) is 0 Å². The molecule has 1 fully saturated rings. The van der Waals surface area contributed by atoms with E-state index in [2.05, 4.69) is 0 Å². The second-order valence-corrected chi connectivity index (χ2v) is 5.15. The molecule has 0 aromatic carbocycles. The third kappa shape index (κ3) is 4.19. The monoisotopic (exact) mass is 326 g/mol. The molecule has 0 unspecified atom stereocenters. The molecule has 1 heterocycles. The standard InChI is InChI=1S/C12H22O10/c1-4-7(16)10(19)11(20)12(21-4)22-6(3-14)9(18)8(17)5(15)2-13/h3-13,15-20H,2H2,1H3/t4-,5+,6+,7-,8+,9+,10+,11-,12-/m0/s1. The van der Waals surface area contributed by atoms with Gasteiger partial charge in [0.2, 0.25) is 0 Å². The first-order valence-electron chi connectivity index (χ1n) is 6.70. The van der Waals surface area contributed by atoms with Crippen LogP contribution in [0.2, 0.25) is 0 Å². The Morgan fingerprint density at radius 3 is 2.18 bits per heavy atom. The first-order chi connectivity index (χ1) is 10.2. The number of rotatable bonds is 7. The Labute approximate surface area is 126 Å². The van der Waals surface area contributed by atoms with Crippen molar-refractivity contribution in [2.24, 2.45) is 0 Å². The fraction of sp³-hybridized carbons (Fsp3) is 0.917. The molecule has 1 aliphatic heterocycles. The van der Waals surface area contributed by atoms with Crippen LogP contribution in [0.4, 0.5) is 0 Å². The summed E-state index contributed by atoms with van der Waals surface area (Å²) >= 11 is 0. The molecule has 0 spiro atoms. The molecule has 1 rings (SSSR count). The van der Waals surface area contributed by atoms with Gasteiger partial charge in [-0.2, -0.15) is 0 Å². The molecule has 0 radical (unpaired) electrons. The molecular weight excluding hydrogens is 304 g/mol. The van der Waals surface area contributed by atoms with Crippen LogP contribution in [0.1, 0.15) is 6.92 Å². The number of aliphatic hydroxyl groups excluding tert-OH is 7. The summed E-state index contributed by atoms with van der Waals surface area (Å²) in [5.74, 6) is 0. The van der Waals surface area contributed by atoms with Crippen molar-refractivity contribution in [3.8, 4) is 0 Å². The van der Waals surface area contributed by atoms with Gasteiger partial charge in [0.15, 0.2) is 12.6 Å². The van der Waals surface area contributed by atoms with E-state index in [4.69, 9.17) is 14.6 Å². The average molecular weight is 326 g/mol. The van der Waals surface area contributed by atoms with Crippen LogP contribution >= 0.6 is 0 Å². The molecule has 10 nitrogen and oxygen atoms in total. The highest BCUT2D eigenvalue weighted by Crippen LogP contribution is 2.23. The third-order valence-corrected chi connectivity index (χ3v) is 3.50. The van der Waals surface area contributed by atoms with E-state index < -0.39 is 61.7 Å². The molecule has 0 aliphatic carbocycles. The molecule has 1 saturated heterocycles. The number of carbonyl (C=O) groups is 1. The predicted octanol–water partition coefficient (Wildman–Crippen LogP) is -4.53. The van der Waals surface area contributed by atoms with E-state index in [0.29, 0.717) is 0 Å². The Morgan fingerprint density at radius 1 is 1.09 bits per heavy atom. The van der Waals surface area contributed by atoms with Crippen molar-refractivity contribution in [2.75, 3.05) is 6.61 Å². The van der Waals surface area contributed by atoms with Gasteiger partial charge in [-0.1, -0.05) is 0 Å². The third-order valence-electron chi connectivity index (χ3n) is 3.50. The smallest absolute Gasteiger partial charge is 0.187 e. The highest BCUT2D eigenvalue weighted by Gasteiger charge is 2.44. The Balaban J connectivity index is 2.75. The van der Waals surface area contributed by atoms with Gasteiger partial charge in [0.05, 0.1) is 12.7 Å². The van der Waals surface area contributed by atoms with Gasteiger partial charge < -0.3 is 50.0 Å². The summed E-state index contributed by atoms with van der Waals surface area (Å²) in [4.78, 5) is 11.0. The minimum absolute atomic E-state index is 0.107. The normalized spacial score (nSPS) is 38.1. The van der Waals surface area contributed by atoms with Gasteiger partial charge in [-0.25, -0.2) is 0 Å². The summed E-state index contributed by atoms with van der Waals surface area (Å²) < 4.78 is 10.1. The van der Waals surface area contributed by atoms with Crippen LogP contribution in [-0.2, 0) is 14.3 Å². The molecule has 7 N–H and O–H groups in total. The number of aldehydes is 1. The van der Waals surface area contributed by atoms with Crippen LogP contribution in [0.25, 0.3) is 0 Å². The first-order valence-corrected chi connectivity index (χ1v) is 6.70. The second kappa shape index (κ2) is 8.24. The lowest BCUT2D eigenvalue weighted by atomic mass is 9.99. The minimum Gasteiger partial charge on any atom is -0.394 e. The Bertz CT molecular complexity index is 353. The lowest BCUT2D eigenvalue weighted by Crippen LogP contribution is -2.59. The minimum atomic E-state index is -1.91. The van der Waals surface area contributed by atoms with Crippen molar-refractivity contribution >= 4 is 6.29 Å². The molecule has 0 amide bonds. The Hall–Kier alpha value is -0.690. The zero-order chi connectivity index (χ0) is 17.0. The van der Waals surface area contributed by atoms with Crippen molar-refractivity contribution in [1.29, 1.82) is 0 Å². The summed E-state index contributed by atoms with van der Waals surface area (Å²) in [5, 5.41) is 66.1. The topological polar surface area (TPSA) is 177 Å². The highest BCUT2D eigenvalue weighted by molar-refractivity contribution is 5.57. The first kappa shape index (κ1) is 19.4. The number of aliphatic hydroxyl groups is 7. The maximum Gasteiger partial charge on any atom is 0.187 e. The van der Waals surface area contributed by atoms with Gasteiger partial charge in [-0.3, -0.25) is 0 Å². The Kier molecular flexibility index (Phi) is 7.25. The average Bonchev–Trinajstić information content (AvgIpc) is 2.52. The maximum absolute atomic E-state index is 11.0. The van der Waals surface area contributed by atoms with Gasteiger partial charge in [0, 0.05) is 0 Å². The fourth-order valence-electron chi connectivity index (χ4n) is 2.00. The van der Waals surface area contributed by atoms with E-state index in [1.54, 1.807) is 0 Å². The molecule has 0 aromatic rings. The molecule has 1 aliphatic rings. The van der Waals surface area contributed by atoms with Gasteiger partial charge >= 0.3 is 0 Å². The van der Waals surface area contributed by atoms with Crippen LogP contribution in [0.5, 0.6) is 0 Å². The quantitative estimate of drug-likeness (QED) is 0.225. The number of hydrogen-bond donors (Lipinski definition) is 7. The largest absolute Gasteiger partial charge is 0.394 e. The molecule has 10 heteroatoms. The van der Waals surface area contributed by atoms with Crippen LogP contribution < -0.4 is 0 Å². The van der Waals surface area contributed by atoms with Crippen LogP contribution in [-0.4, -0.2) is 104 Å². The Morgan fingerprint density at radius 2 is 1.68 bits per heavy atom. The fourth-order valence-corrected chi connectivity index (χ4v) is 2.00. The van der Waals surface area contributed by atoms with Gasteiger partial charge in [0.1, 0.15) is 42.7 Å². The lowest BCUT2D eigenvalue weighted by molar-refractivity contribution is -0.308. The van der Waals surface area contributed by atoms with E-state index in [1.165, 1.54) is 6.92 Å². The number of ether oxygens (including phenoxy) is 2. The van der Waals surface area contributed by atoms with Crippen LogP contribution in [0.3, 0.4) is 0 Å². The molecule has 9 atom stereocenters. The van der Waals surface area contributed by atoms with Crippen molar-refractivity contribution in [3.63, 3.8) is 0 Å². The van der Waals surface area contributed by atoms with Crippen LogP contribution in [0, 0.1) is 0 Å². The van der Waals surface area contributed by atoms with Gasteiger partial charge in [0.25, 0.3) is 0 Å². The molecule has 130 valence electrons. The molecule has 0 bridgehead atoms.